The van der Waals surface area contributed by atoms with E-state index in [9.17, 15) is 4.79 Å². The second kappa shape index (κ2) is 5.11. The Morgan fingerprint density at radius 3 is 2.83 bits per heavy atom. The van der Waals surface area contributed by atoms with Gasteiger partial charge >= 0.3 is 0 Å². The fourth-order valence-electron chi connectivity index (χ4n) is 2.74. The van der Waals surface area contributed by atoms with Gasteiger partial charge in [-0.05, 0) is 29.4 Å². The number of carbonyl (C=O) groups excluding carboxylic acids is 1. The lowest BCUT2D eigenvalue weighted by molar-refractivity contribution is -0.120. The molecule has 0 bridgehead atoms. The van der Waals surface area contributed by atoms with Crippen molar-refractivity contribution in [2.45, 2.75) is 32.7 Å². The van der Waals surface area contributed by atoms with E-state index in [-0.39, 0.29) is 17.4 Å². The van der Waals surface area contributed by atoms with E-state index in [0.29, 0.717) is 6.54 Å². The zero-order valence-corrected chi connectivity index (χ0v) is 11.4. The van der Waals surface area contributed by atoms with Crippen LogP contribution in [0.4, 0.5) is 0 Å². The van der Waals surface area contributed by atoms with Crippen LogP contribution in [0.25, 0.3) is 0 Å². The highest BCUT2D eigenvalue weighted by Gasteiger charge is 2.35. The van der Waals surface area contributed by atoms with Crippen LogP contribution in [0, 0.1) is 5.41 Å². The van der Waals surface area contributed by atoms with E-state index in [1.165, 1.54) is 11.1 Å². The van der Waals surface area contributed by atoms with Crippen molar-refractivity contribution >= 4 is 5.91 Å². The molecular formula is C15H22N2O. The van der Waals surface area contributed by atoms with Gasteiger partial charge in [0.15, 0.2) is 0 Å². The van der Waals surface area contributed by atoms with Gasteiger partial charge in [-0.2, -0.15) is 0 Å². The van der Waals surface area contributed by atoms with Gasteiger partial charge in [0.25, 0.3) is 0 Å². The number of hydrogen-bond donors (Lipinski definition) is 2. The molecule has 3 nitrogen and oxygen atoms in total. The molecule has 0 radical (unpaired) electrons. The highest BCUT2D eigenvalue weighted by molar-refractivity contribution is 5.77. The molecule has 0 spiro atoms. The number of amides is 1. The summed E-state index contributed by atoms with van der Waals surface area (Å²) in [5.41, 5.74) is 2.94. The van der Waals surface area contributed by atoms with E-state index in [4.69, 9.17) is 0 Å². The van der Waals surface area contributed by atoms with Gasteiger partial charge in [-0.25, -0.2) is 0 Å². The average Bonchev–Trinajstić information content (AvgIpc) is 2.36. The minimum absolute atomic E-state index is 0.0360. The smallest absolute Gasteiger partial charge is 0.233 e. The first-order valence-electron chi connectivity index (χ1n) is 6.56. The summed E-state index contributed by atoms with van der Waals surface area (Å²) in [6.07, 6.45) is 2.27. The van der Waals surface area contributed by atoms with Crippen molar-refractivity contribution in [3.05, 3.63) is 35.4 Å². The number of carbonyl (C=O) groups is 1. The maximum absolute atomic E-state index is 11.4. The van der Waals surface area contributed by atoms with Crippen LogP contribution < -0.4 is 10.6 Å². The highest BCUT2D eigenvalue weighted by Crippen LogP contribution is 2.43. The first-order chi connectivity index (χ1) is 8.54. The number of fused-ring (bicyclic) bond motifs is 1. The van der Waals surface area contributed by atoms with Crippen LogP contribution in [0.15, 0.2) is 24.3 Å². The molecule has 0 saturated heterocycles. The molecule has 0 saturated carbocycles. The third kappa shape index (κ3) is 2.56. The molecule has 1 aliphatic carbocycles. The maximum Gasteiger partial charge on any atom is 0.233 e. The lowest BCUT2D eigenvalue weighted by Crippen LogP contribution is -2.42. The van der Waals surface area contributed by atoms with Crippen LogP contribution in [0.2, 0.25) is 0 Å². The number of benzene rings is 1. The number of hydrogen-bond acceptors (Lipinski definition) is 2. The van der Waals surface area contributed by atoms with E-state index in [0.717, 1.165) is 12.8 Å². The zero-order chi connectivity index (χ0) is 13.2. The largest absolute Gasteiger partial charge is 0.358 e. The first kappa shape index (κ1) is 13.1. The molecule has 0 fully saturated rings. The highest BCUT2D eigenvalue weighted by atomic mass is 16.1. The molecule has 98 valence electrons. The van der Waals surface area contributed by atoms with Gasteiger partial charge in [-0.1, -0.05) is 38.1 Å². The summed E-state index contributed by atoms with van der Waals surface area (Å²) in [7, 11) is 1.67. The van der Waals surface area contributed by atoms with Crippen molar-refractivity contribution in [3.63, 3.8) is 0 Å². The van der Waals surface area contributed by atoms with Crippen molar-refractivity contribution in [2.75, 3.05) is 13.6 Å². The molecule has 1 amide bonds. The SMILES string of the molecule is CNC(=O)CNC1c2ccccc2CCC1(C)C. The Kier molecular flexibility index (Phi) is 3.71. The van der Waals surface area contributed by atoms with Crippen LogP contribution in [-0.4, -0.2) is 19.5 Å². The van der Waals surface area contributed by atoms with Crippen molar-refractivity contribution in [1.29, 1.82) is 0 Å². The van der Waals surface area contributed by atoms with Crippen LogP contribution >= 0.6 is 0 Å². The van der Waals surface area contributed by atoms with Crippen LogP contribution in [0.1, 0.15) is 37.4 Å². The maximum atomic E-state index is 11.4. The zero-order valence-electron chi connectivity index (χ0n) is 11.4. The lowest BCUT2D eigenvalue weighted by atomic mass is 9.70. The van der Waals surface area contributed by atoms with Crippen molar-refractivity contribution in [3.8, 4) is 0 Å². The molecule has 1 atom stereocenters. The van der Waals surface area contributed by atoms with E-state index in [2.05, 4.69) is 48.7 Å². The van der Waals surface area contributed by atoms with Crippen molar-refractivity contribution in [1.82, 2.24) is 10.6 Å². The Morgan fingerprint density at radius 2 is 2.11 bits per heavy atom. The average molecular weight is 246 g/mol. The van der Waals surface area contributed by atoms with Crippen molar-refractivity contribution in [2.24, 2.45) is 5.41 Å². The quantitative estimate of drug-likeness (QED) is 0.857. The molecule has 18 heavy (non-hydrogen) atoms. The van der Waals surface area contributed by atoms with Gasteiger partial charge in [0.05, 0.1) is 6.54 Å². The molecular weight excluding hydrogens is 224 g/mol. The monoisotopic (exact) mass is 246 g/mol. The molecule has 1 aliphatic rings. The van der Waals surface area contributed by atoms with Gasteiger partial charge in [-0.3, -0.25) is 4.79 Å². The number of likely N-dealkylation sites (N-methyl/N-ethyl adjacent to an activating group) is 1. The second-order valence-electron chi connectivity index (χ2n) is 5.67. The van der Waals surface area contributed by atoms with Crippen molar-refractivity contribution < 1.29 is 4.79 Å². The van der Waals surface area contributed by atoms with Gasteiger partial charge in [-0.15, -0.1) is 0 Å². The molecule has 0 aromatic heterocycles. The number of aryl methyl sites for hydroxylation is 1. The Bertz CT molecular complexity index is 440. The van der Waals surface area contributed by atoms with Gasteiger partial charge in [0.2, 0.25) is 5.91 Å². The van der Waals surface area contributed by atoms with Crippen LogP contribution in [0.3, 0.4) is 0 Å². The van der Waals surface area contributed by atoms with E-state index >= 15 is 0 Å². The van der Waals surface area contributed by atoms with E-state index < -0.39 is 0 Å². The molecule has 1 unspecified atom stereocenters. The Balaban J connectivity index is 2.22. The summed E-state index contributed by atoms with van der Waals surface area (Å²) in [5.74, 6) is 0.0360. The fourth-order valence-corrected chi connectivity index (χ4v) is 2.74. The van der Waals surface area contributed by atoms with Gasteiger partial charge in [0.1, 0.15) is 0 Å². The summed E-state index contributed by atoms with van der Waals surface area (Å²) < 4.78 is 0. The molecule has 2 N–H and O–H groups in total. The van der Waals surface area contributed by atoms with E-state index in [1.54, 1.807) is 7.05 Å². The summed E-state index contributed by atoms with van der Waals surface area (Å²) in [6.45, 7) is 4.91. The fraction of sp³-hybridized carbons (Fsp3) is 0.533. The molecule has 2 rings (SSSR count). The van der Waals surface area contributed by atoms with Crippen LogP contribution in [0.5, 0.6) is 0 Å². The van der Waals surface area contributed by atoms with Gasteiger partial charge in [0, 0.05) is 13.1 Å². The molecule has 1 aromatic carbocycles. The first-order valence-corrected chi connectivity index (χ1v) is 6.56. The Morgan fingerprint density at radius 1 is 1.39 bits per heavy atom. The Hall–Kier alpha value is -1.35. The molecule has 1 aromatic rings. The standard InChI is InChI=1S/C15H22N2O/c1-15(2)9-8-11-6-4-5-7-12(11)14(15)17-10-13(18)16-3/h4-7,14,17H,8-10H2,1-3H3,(H,16,18). The summed E-state index contributed by atoms with van der Waals surface area (Å²) >= 11 is 0. The number of rotatable bonds is 3. The summed E-state index contributed by atoms with van der Waals surface area (Å²) in [4.78, 5) is 11.4. The minimum atomic E-state index is 0.0360. The number of nitrogens with one attached hydrogen (secondary N) is 2. The lowest BCUT2D eigenvalue weighted by Gasteiger charge is -2.40. The molecule has 3 heteroatoms. The third-order valence-electron chi connectivity index (χ3n) is 3.93. The Labute approximate surface area is 109 Å². The second-order valence-corrected chi connectivity index (χ2v) is 5.67. The predicted octanol–water partition coefficient (Wildman–Crippen LogP) is 2.04. The predicted molar refractivity (Wildman–Crippen MR) is 73.4 cm³/mol. The molecule has 0 heterocycles. The minimum Gasteiger partial charge on any atom is -0.358 e. The van der Waals surface area contributed by atoms with Crippen LogP contribution in [-0.2, 0) is 11.2 Å². The summed E-state index contributed by atoms with van der Waals surface area (Å²) in [5, 5.41) is 6.06. The normalized spacial score (nSPS) is 21.2. The van der Waals surface area contributed by atoms with E-state index in [1.807, 2.05) is 0 Å². The summed E-state index contributed by atoms with van der Waals surface area (Å²) in [6, 6.07) is 8.79. The topological polar surface area (TPSA) is 41.1 Å². The molecule has 0 aliphatic heterocycles. The van der Waals surface area contributed by atoms with Gasteiger partial charge < -0.3 is 10.6 Å². The third-order valence-corrected chi connectivity index (χ3v) is 3.93.